The standard InChI is InChI=1S/C17H15FN4O2.C2H2O4/c1-21-16(13-5-7-14(18)8-6-13)11-20-17(21)19-10-12-3-2-4-15(9-12)22(23)24;3-1(4)2(5)6/h2-9,11H,10H2,1H3,(H,19,20);(H,3,4)(H,5,6). The third-order valence-corrected chi connectivity index (χ3v) is 3.88. The number of nitrogens with one attached hydrogen (secondary N) is 1. The molecule has 3 rings (SSSR count). The number of halogens is 1. The highest BCUT2D eigenvalue weighted by Crippen LogP contribution is 2.22. The molecule has 0 spiro atoms. The van der Waals surface area contributed by atoms with Crippen LogP contribution in [0.25, 0.3) is 11.3 Å². The number of non-ortho nitro benzene ring substituents is 1. The number of hydrogen-bond donors (Lipinski definition) is 3. The topological polar surface area (TPSA) is 148 Å². The molecule has 30 heavy (non-hydrogen) atoms. The zero-order chi connectivity index (χ0) is 22.3. The van der Waals surface area contributed by atoms with E-state index in [2.05, 4.69) is 10.3 Å². The largest absolute Gasteiger partial charge is 0.473 e. The van der Waals surface area contributed by atoms with E-state index in [1.54, 1.807) is 24.4 Å². The summed E-state index contributed by atoms with van der Waals surface area (Å²) in [6.45, 7) is 0.412. The number of benzene rings is 2. The van der Waals surface area contributed by atoms with E-state index in [9.17, 15) is 14.5 Å². The number of rotatable bonds is 5. The predicted molar refractivity (Wildman–Crippen MR) is 104 cm³/mol. The minimum absolute atomic E-state index is 0.0566. The van der Waals surface area contributed by atoms with Crippen molar-refractivity contribution in [3.8, 4) is 11.3 Å². The Bertz CT molecular complexity index is 1050. The molecule has 3 N–H and O–H groups in total. The summed E-state index contributed by atoms with van der Waals surface area (Å²) in [6.07, 6.45) is 1.70. The molecule has 156 valence electrons. The second-order valence-corrected chi connectivity index (χ2v) is 5.92. The molecule has 0 atom stereocenters. The highest BCUT2D eigenvalue weighted by Gasteiger charge is 2.10. The summed E-state index contributed by atoms with van der Waals surface area (Å²) in [5.41, 5.74) is 2.54. The molecule has 2 aromatic carbocycles. The van der Waals surface area contributed by atoms with E-state index in [0.29, 0.717) is 12.5 Å². The van der Waals surface area contributed by atoms with Crippen molar-refractivity contribution in [2.45, 2.75) is 6.54 Å². The first kappa shape index (κ1) is 22.0. The summed E-state index contributed by atoms with van der Waals surface area (Å²) in [4.78, 5) is 32.9. The average molecular weight is 416 g/mol. The Balaban J connectivity index is 0.000000469. The van der Waals surface area contributed by atoms with Gasteiger partial charge in [0.15, 0.2) is 0 Å². The van der Waals surface area contributed by atoms with Crippen LogP contribution in [0, 0.1) is 15.9 Å². The van der Waals surface area contributed by atoms with E-state index in [1.165, 1.54) is 24.3 Å². The van der Waals surface area contributed by atoms with Crippen molar-refractivity contribution in [2.75, 3.05) is 5.32 Å². The molecule has 3 aromatic rings. The van der Waals surface area contributed by atoms with Gasteiger partial charge in [0.05, 0.1) is 16.8 Å². The van der Waals surface area contributed by atoms with Crippen LogP contribution >= 0.6 is 0 Å². The second-order valence-electron chi connectivity index (χ2n) is 5.92. The molecule has 0 amide bonds. The third kappa shape index (κ3) is 5.86. The van der Waals surface area contributed by atoms with Crippen molar-refractivity contribution in [1.82, 2.24) is 9.55 Å². The molecule has 10 nitrogen and oxygen atoms in total. The maximum Gasteiger partial charge on any atom is 0.414 e. The number of nitro groups is 1. The van der Waals surface area contributed by atoms with Gasteiger partial charge in [-0.05, 0) is 29.8 Å². The zero-order valence-corrected chi connectivity index (χ0v) is 15.7. The van der Waals surface area contributed by atoms with Crippen LogP contribution in [0.4, 0.5) is 16.0 Å². The Labute approximate surface area is 169 Å². The van der Waals surface area contributed by atoms with Gasteiger partial charge in [-0.15, -0.1) is 0 Å². The normalized spacial score (nSPS) is 9.93. The van der Waals surface area contributed by atoms with Crippen LogP contribution in [0.1, 0.15) is 5.56 Å². The van der Waals surface area contributed by atoms with Gasteiger partial charge in [-0.25, -0.2) is 19.0 Å². The van der Waals surface area contributed by atoms with Gasteiger partial charge in [0.25, 0.3) is 5.69 Å². The number of aromatic nitrogens is 2. The Morgan fingerprint density at radius 1 is 1.17 bits per heavy atom. The fourth-order valence-electron chi connectivity index (χ4n) is 2.42. The highest BCUT2D eigenvalue weighted by molar-refractivity contribution is 6.27. The number of nitro benzene ring substituents is 1. The highest BCUT2D eigenvalue weighted by atomic mass is 19.1. The summed E-state index contributed by atoms with van der Waals surface area (Å²) in [5, 5.41) is 28.7. The molecule has 0 radical (unpaired) electrons. The monoisotopic (exact) mass is 416 g/mol. The predicted octanol–water partition coefficient (Wildman–Crippen LogP) is 2.90. The molecule has 0 saturated carbocycles. The summed E-state index contributed by atoms with van der Waals surface area (Å²) < 4.78 is 14.9. The smallest absolute Gasteiger partial charge is 0.414 e. The van der Waals surface area contributed by atoms with Crippen LogP contribution in [0.5, 0.6) is 0 Å². The van der Waals surface area contributed by atoms with Crippen LogP contribution in [0.2, 0.25) is 0 Å². The van der Waals surface area contributed by atoms with Crippen molar-refractivity contribution in [3.63, 3.8) is 0 Å². The second kappa shape index (κ2) is 9.78. The lowest BCUT2D eigenvalue weighted by Crippen LogP contribution is -2.09. The molecule has 1 aromatic heterocycles. The molecule has 0 bridgehead atoms. The molecular weight excluding hydrogens is 399 g/mol. The van der Waals surface area contributed by atoms with E-state index in [0.717, 1.165) is 16.8 Å². The van der Waals surface area contributed by atoms with Crippen molar-refractivity contribution < 1.29 is 29.1 Å². The van der Waals surface area contributed by atoms with Crippen molar-refractivity contribution >= 4 is 23.6 Å². The Hall–Kier alpha value is -4.28. The molecule has 0 unspecified atom stereocenters. The number of imidazole rings is 1. The van der Waals surface area contributed by atoms with Gasteiger partial charge < -0.3 is 20.1 Å². The van der Waals surface area contributed by atoms with Gasteiger partial charge in [0.2, 0.25) is 5.95 Å². The van der Waals surface area contributed by atoms with Gasteiger partial charge in [0, 0.05) is 31.3 Å². The number of carbonyl (C=O) groups is 2. The fourth-order valence-corrected chi connectivity index (χ4v) is 2.42. The maximum absolute atomic E-state index is 13.0. The Morgan fingerprint density at radius 3 is 2.37 bits per heavy atom. The molecule has 11 heteroatoms. The average Bonchev–Trinajstić information content (AvgIpc) is 3.08. The quantitative estimate of drug-likeness (QED) is 0.327. The van der Waals surface area contributed by atoms with Crippen LogP contribution in [0.3, 0.4) is 0 Å². The summed E-state index contributed by atoms with van der Waals surface area (Å²) in [5.74, 6) is -3.31. The first-order valence-electron chi connectivity index (χ1n) is 8.40. The molecule has 0 fully saturated rings. The maximum atomic E-state index is 13.0. The van der Waals surface area contributed by atoms with Gasteiger partial charge in [-0.3, -0.25) is 10.1 Å². The van der Waals surface area contributed by atoms with Gasteiger partial charge in [-0.2, -0.15) is 0 Å². The molecule has 0 aliphatic heterocycles. The number of aliphatic carboxylic acids is 2. The number of anilines is 1. The molecule has 0 aliphatic carbocycles. The van der Waals surface area contributed by atoms with E-state index in [-0.39, 0.29) is 11.5 Å². The molecule has 0 aliphatic rings. The lowest BCUT2D eigenvalue weighted by atomic mass is 10.2. The van der Waals surface area contributed by atoms with Crippen molar-refractivity contribution in [1.29, 1.82) is 0 Å². The first-order valence-corrected chi connectivity index (χ1v) is 8.40. The minimum atomic E-state index is -1.82. The zero-order valence-electron chi connectivity index (χ0n) is 15.7. The minimum Gasteiger partial charge on any atom is -0.473 e. The summed E-state index contributed by atoms with van der Waals surface area (Å²) in [6, 6.07) is 12.6. The molecule has 0 saturated heterocycles. The summed E-state index contributed by atoms with van der Waals surface area (Å²) in [7, 11) is 1.85. The van der Waals surface area contributed by atoms with Crippen LogP contribution < -0.4 is 5.32 Å². The van der Waals surface area contributed by atoms with E-state index >= 15 is 0 Å². The van der Waals surface area contributed by atoms with E-state index in [1.807, 2.05) is 17.7 Å². The molecule has 1 heterocycles. The number of carboxylic acid groups (broad SMARTS) is 2. The van der Waals surface area contributed by atoms with E-state index in [4.69, 9.17) is 19.8 Å². The lowest BCUT2D eigenvalue weighted by molar-refractivity contribution is -0.384. The number of carboxylic acids is 2. The van der Waals surface area contributed by atoms with Crippen LogP contribution in [-0.2, 0) is 23.2 Å². The Kier molecular flexibility index (Phi) is 7.17. The summed E-state index contributed by atoms with van der Waals surface area (Å²) >= 11 is 0. The van der Waals surface area contributed by atoms with Crippen molar-refractivity contribution in [3.05, 3.63) is 76.2 Å². The lowest BCUT2D eigenvalue weighted by Gasteiger charge is -2.08. The number of nitrogens with zero attached hydrogens (tertiary/aromatic N) is 3. The van der Waals surface area contributed by atoms with E-state index < -0.39 is 16.9 Å². The van der Waals surface area contributed by atoms with Crippen LogP contribution in [-0.4, -0.2) is 36.6 Å². The third-order valence-electron chi connectivity index (χ3n) is 3.88. The van der Waals surface area contributed by atoms with Gasteiger partial charge in [0.1, 0.15) is 5.82 Å². The number of hydrogen-bond acceptors (Lipinski definition) is 6. The fraction of sp³-hybridized carbons (Fsp3) is 0.105. The first-order chi connectivity index (χ1) is 14.2. The van der Waals surface area contributed by atoms with Crippen LogP contribution in [0.15, 0.2) is 54.7 Å². The SMILES string of the molecule is Cn1c(-c2ccc(F)cc2)cnc1NCc1cccc([N+](=O)[O-])c1.O=C(O)C(=O)O. The van der Waals surface area contributed by atoms with Crippen molar-refractivity contribution in [2.24, 2.45) is 7.05 Å². The van der Waals surface area contributed by atoms with Gasteiger partial charge in [-0.1, -0.05) is 12.1 Å². The van der Waals surface area contributed by atoms with Gasteiger partial charge >= 0.3 is 11.9 Å². The Morgan fingerprint density at radius 2 is 1.80 bits per heavy atom. The molecular formula is C19H17FN4O6.